The fourth-order valence-corrected chi connectivity index (χ4v) is 2.24. The van der Waals surface area contributed by atoms with Gasteiger partial charge in [-0.2, -0.15) is 0 Å². The van der Waals surface area contributed by atoms with Crippen molar-refractivity contribution >= 4 is 15.9 Å². The fraction of sp³-hybridized carbons (Fsp3) is 0.909. The van der Waals surface area contributed by atoms with Gasteiger partial charge in [-0.25, -0.2) is 12.7 Å². The first-order chi connectivity index (χ1) is 7.91. The monoisotopic (exact) mass is 264 g/mol. The van der Waals surface area contributed by atoms with Crippen molar-refractivity contribution in [3.05, 3.63) is 0 Å². The average Bonchev–Trinajstić information content (AvgIpc) is 2.24. The molecule has 0 saturated heterocycles. The van der Waals surface area contributed by atoms with Crippen molar-refractivity contribution < 1.29 is 13.2 Å². The number of nitrogens with zero attached hydrogens (tertiary/aromatic N) is 1. The lowest BCUT2D eigenvalue weighted by molar-refractivity contribution is -0.121. The molecule has 0 bridgehead atoms. The third kappa shape index (κ3) is 8.15. The van der Waals surface area contributed by atoms with Crippen LogP contribution >= 0.6 is 0 Å². The minimum Gasteiger partial charge on any atom is -0.356 e. The molecule has 0 fully saturated rings. The van der Waals surface area contributed by atoms with E-state index in [-0.39, 0.29) is 18.9 Å². The molecule has 6 heteroatoms. The van der Waals surface area contributed by atoms with E-state index < -0.39 is 10.0 Å². The minimum atomic E-state index is -3.20. The van der Waals surface area contributed by atoms with Gasteiger partial charge < -0.3 is 5.32 Å². The van der Waals surface area contributed by atoms with Gasteiger partial charge in [0.15, 0.2) is 0 Å². The fourth-order valence-electron chi connectivity index (χ4n) is 1.36. The van der Waals surface area contributed by atoms with Crippen LogP contribution in [0.4, 0.5) is 0 Å². The van der Waals surface area contributed by atoms with Crippen molar-refractivity contribution in [2.75, 3.05) is 25.9 Å². The topological polar surface area (TPSA) is 66.5 Å². The van der Waals surface area contributed by atoms with Gasteiger partial charge in [0.25, 0.3) is 0 Å². The van der Waals surface area contributed by atoms with Gasteiger partial charge in [-0.15, -0.1) is 0 Å². The first-order valence-corrected chi connectivity index (χ1v) is 7.98. The minimum absolute atomic E-state index is 0.0861. The predicted octanol–water partition coefficient (Wildman–Crippen LogP) is 0.964. The lowest BCUT2D eigenvalue weighted by Gasteiger charge is -2.19. The average molecular weight is 264 g/mol. The molecule has 0 atom stereocenters. The van der Waals surface area contributed by atoms with E-state index in [4.69, 9.17) is 0 Å². The Labute approximate surface area is 105 Å². The molecule has 5 nitrogen and oxygen atoms in total. The number of nitrogens with one attached hydrogen (secondary N) is 1. The molecule has 1 N–H and O–H groups in total. The van der Waals surface area contributed by atoms with E-state index in [0.29, 0.717) is 13.1 Å². The van der Waals surface area contributed by atoms with Gasteiger partial charge in [-0.1, -0.05) is 20.3 Å². The molecule has 0 aliphatic rings. The number of hydrogen-bond acceptors (Lipinski definition) is 3. The standard InChI is InChI=1S/C11H24N2O3S/c1-4-6-9-13(17(3,15)16)10-7-11(14)12-8-5-2/h4-10H2,1-3H3,(H,12,14). The van der Waals surface area contributed by atoms with E-state index in [0.717, 1.165) is 19.3 Å². The third-order valence-corrected chi connectivity index (χ3v) is 3.69. The lowest BCUT2D eigenvalue weighted by Crippen LogP contribution is -2.35. The highest BCUT2D eigenvalue weighted by Gasteiger charge is 2.16. The van der Waals surface area contributed by atoms with Crippen LogP contribution < -0.4 is 5.32 Å². The summed E-state index contributed by atoms with van der Waals surface area (Å²) in [6.45, 7) is 5.40. The van der Waals surface area contributed by atoms with Gasteiger partial charge in [-0.05, 0) is 12.8 Å². The van der Waals surface area contributed by atoms with Crippen LogP contribution in [0.25, 0.3) is 0 Å². The SMILES string of the molecule is CCCCN(CCC(=O)NCCC)S(C)(=O)=O. The Balaban J connectivity index is 4.12. The first-order valence-electron chi connectivity index (χ1n) is 6.13. The Morgan fingerprint density at radius 3 is 2.29 bits per heavy atom. The zero-order valence-corrected chi connectivity index (χ0v) is 11.8. The van der Waals surface area contributed by atoms with Gasteiger partial charge in [0.05, 0.1) is 6.26 Å². The van der Waals surface area contributed by atoms with Crippen LogP contribution in [-0.2, 0) is 14.8 Å². The van der Waals surface area contributed by atoms with E-state index in [1.807, 2.05) is 13.8 Å². The first kappa shape index (κ1) is 16.4. The lowest BCUT2D eigenvalue weighted by atomic mass is 10.3. The summed E-state index contributed by atoms with van der Waals surface area (Å²) in [5, 5.41) is 2.73. The quantitative estimate of drug-likeness (QED) is 0.674. The number of sulfonamides is 1. The zero-order chi connectivity index (χ0) is 13.3. The molecule has 0 heterocycles. The van der Waals surface area contributed by atoms with Crippen LogP contribution in [0.1, 0.15) is 39.5 Å². The van der Waals surface area contributed by atoms with Crippen LogP contribution in [0.15, 0.2) is 0 Å². The van der Waals surface area contributed by atoms with Crippen molar-refractivity contribution in [2.45, 2.75) is 39.5 Å². The molecule has 0 saturated carbocycles. The molecule has 0 unspecified atom stereocenters. The molecular weight excluding hydrogens is 240 g/mol. The highest BCUT2D eigenvalue weighted by atomic mass is 32.2. The molecule has 0 rings (SSSR count). The molecule has 0 aromatic carbocycles. The number of hydrogen-bond donors (Lipinski definition) is 1. The van der Waals surface area contributed by atoms with Crippen LogP contribution in [0.2, 0.25) is 0 Å². The van der Waals surface area contributed by atoms with E-state index in [1.54, 1.807) is 0 Å². The summed E-state index contributed by atoms with van der Waals surface area (Å²) < 4.78 is 24.3. The van der Waals surface area contributed by atoms with E-state index >= 15 is 0 Å². The Hall–Kier alpha value is -0.620. The maximum absolute atomic E-state index is 11.5. The van der Waals surface area contributed by atoms with Crippen molar-refractivity contribution in [3.8, 4) is 0 Å². The van der Waals surface area contributed by atoms with E-state index in [9.17, 15) is 13.2 Å². The Kier molecular flexibility index (Phi) is 8.16. The van der Waals surface area contributed by atoms with Crippen LogP contribution in [0, 0.1) is 0 Å². The summed E-state index contributed by atoms with van der Waals surface area (Å²) in [6.07, 6.45) is 4.07. The van der Waals surface area contributed by atoms with Crippen molar-refractivity contribution in [1.29, 1.82) is 0 Å². The number of carbonyl (C=O) groups excluding carboxylic acids is 1. The van der Waals surface area contributed by atoms with Crippen molar-refractivity contribution in [1.82, 2.24) is 9.62 Å². The van der Waals surface area contributed by atoms with E-state index in [1.165, 1.54) is 10.6 Å². The Bertz CT molecular complexity index is 315. The highest BCUT2D eigenvalue weighted by Crippen LogP contribution is 2.02. The second-order valence-corrected chi connectivity index (χ2v) is 6.10. The molecular formula is C11H24N2O3S. The Morgan fingerprint density at radius 1 is 1.18 bits per heavy atom. The number of unbranched alkanes of at least 4 members (excludes halogenated alkanes) is 1. The summed E-state index contributed by atoms with van der Waals surface area (Å²) in [7, 11) is -3.20. The summed E-state index contributed by atoms with van der Waals surface area (Å²) in [5.74, 6) is -0.0861. The highest BCUT2D eigenvalue weighted by molar-refractivity contribution is 7.88. The summed E-state index contributed by atoms with van der Waals surface area (Å²) in [4.78, 5) is 11.4. The second-order valence-electron chi connectivity index (χ2n) is 4.12. The van der Waals surface area contributed by atoms with Gasteiger partial charge in [0.1, 0.15) is 0 Å². The molecule has 102 valence electrons. The molecule has 0 aromatic heterocycles. The maximum atomic E-state index is 11.5. The molecule has 17 heavy (non-hydrogen) atoms. The largest absolute Gasteiger partial charge is 0.356 e. The molecule has 0 radical (unpaired) electrons. The molecule has 1 amide bonds. The molecule has 0 aliphatic carbocycles. The third-order valence-electron chi connectivity index (χ3n) is 2.39. The summed E-state index contributed by atoms with van der Waals surface area (Å²) in [6, 6.07) is 0. The molecule has 0 spiro atoms. The van der Waals surface area contributed by atoms with Gasteiger partial charge in [-0.3, -0.25) is 4.79 Å². The summed E-state index contributed by atoms with van der Waals surface area (Å²) >= 11 is 0. The van der Waals surface area contributed by atoms with Gasteiger partial charge in [0.2, 0.25) is 15.9 Å². The summed E-state index contributed by atoms with van der Waals surface area (Å²) in [5.41, 5.74) is 0. The van der Waals surface area contributed by atoms with E-state index in [2.05, 4.69) is 5.32 Å². The molecule has 0 aliphatic heterocycles. The number of rotatable bonds is 9. The number of amides is 1. The predicted molar refractivity (Wildman–Crippen MR) is 69.2 cm³/mol. The Morgan fingerprint density at radius 2 is 1.82 bits per heavy atom. The van der Waals surface area contributed by atoms with Crippen molar-refractivity contribution in [2.24, 2.45) is 0 Å². The van der Waals surface area contributed by atoms with Gasteiger partial charge >= 0.3 is 0 Å². The maximum Gasteiger partial charge on any atom is 0.221 e. The normalized spacial score (nSPS) is 11.8. The van der Waals surface area contributed by atoms with Crippen LogP contribution in [0.5, 0.6) is 0 Å². The van der Waals surface area contributed by atoms with Crippen molar-refractivity contribution in [3.63, 3.8) is 0 Å². The molecule has 0 aromatic rings. The van der Waals surface area contributed by atoms with Crippen LogP contribution in [0.3, 0.4) is 0 Å². The second kappa shape index (κ2) is 8.47. The van der Waals surface area contributed by atoms with Crippen LogP contribution in [-0.4, -0.2) is 44.5 Å². The zero-order valence-electron chi connectivity index (χ0n) is 11.0. The smallest absolute Gasteiger partial charge is 0.221 e. The number of carbonyl (C=O) groups is 1. The van der Waals surface area contributed by atoms with Gasteiger partial charge in [0, 0.05) is 26.1 Å².